The van der Waals surface area contributed by atoms with E-state index in [-0.39, 0.29) is 0 Å². The van der Waals surface area contributed by atoms with E-state index in [4.69, 9.17) is 8.43 Å². The van der Waals surface area contributed by atoms with Crippen LogP contribution in [-0.2, 0) is 23.7 Å². The summed E-state index contributed by atoms with van der Waals surface area (Å²) in [7, 11) is 0. The van der Waals surface area contributed by atoms with Gasteiger partial charge >= 0.3 is 29.7 Å². The van der Waals surface area contributed by atoms with Crippen molar-refractivity contribution in [3.8, 4) is 0 Å². The normalized spacial score (nSPS) is 7.55. The predicted octanol–water partition coefficient (Wildman–Crippen LogP) is 1.26. The maximum atomic E-state index is 10.2. The van der Waals surface area contributed by atoms with Crippen LogP contribution < -0.4 is 0 Å². The number of carboxylic acids is 1. The Morgan fingerprint density at radius 2 is 1.64 bits per heavy atom. The molecule has 0 spiro atoms. The third-order valence-electron chi connectivity index (χ3n) is 1.02. The van der Waals surface area contributed by atoms with E-state index in [1.165, 1.54) is 0 Å². The first kappa shape index (κ1) is 10.2. The molecule has 0 saturated carbocycles. The fourth-order valence-corrected chi connectivity index (χ4v) is 0.581. The van der Waals surface area contributed by atoms with Gasteiger partial charge in [-0.05, 0) is 12.1 Å². The van der Waals surface area contributed by atoms with Crippen molar-refractivity contribution in [3.63, 3.8) is 0 Å². The van der Waals surface area contributed by atoms with Crippen molar-refractivity contribution in [1.82, 2.24) is 0 Å². The summed E-state index contributed by atoms with van der Waals surface area (Å²) in [5, 5.41) is 8.38. The van der Waals surface area contributed by atoms with Crippen LogP contribution >= 0.6 is 0 Å². The van der Waals surface area contributed by atoms with Crippen LogP contribution in [0.2, 0.25) is 0 Å². The van der Waals surface area contributed by atoms with E-state index in [0.29, 0.717) is 5.56 Å². The van der Waals surface area contributed by atoms with Gasteiger partial charge in [0.15, 0.2) is 0 Å². The molecule has 0 aliphatic heterocycles. The number of carboxylic acid groups (broad SMARTS) is 1. The first-order valence-electron chi connectivity index (χ1n) is 2.79. The van der Waals surface area contributed by atoms with Crippen LogP contribution in [0.1, 0.15) is 10.4 Å². The molecular formula is C7H6O3Ti. The SMILES string of the molecule is O=C(O)c1ccccc1.[O]=[Ti]. The van der Waals surface area contributed by atoms with Crippen LogP contribution in [0.5, 0.6) is 0 Å². The molecule has 3 nitrogen and oxygen atoms in total. The summed E-state index contributed by atoms with van der Waals surface area (Å²) >= 11 is 0.750. The van der Waals surface area contributed by atoms with Crippen LogP contribution in [0.3, 0.4) is 0 Å². The number of carbonyl (C=O) groups is 1. The van der Waals surface area contributed by atoms with Gasteiger partial charge in [-0.2, -0.15) is 0 Å². The Labute approximate surface area is 75.8 Å². The van der Waals surface area contributed by atoms with Crippen molar-refractivity contribution < 1.29 is 33.6 Å². The molecule has 1 aromatic rings. The summed E-state index contributed by atoms with van der Waals surface area (Å²) in [6.07, 6.45) is 0. The zero-order valence-corrected chi connectivity index (χ0v) is 7.21. The minimum atomic E-state index is -0.879. The van der Waals surface area contributed by atoms with E-state index in [9.17, 15) is 4.79 Å². The Kier molecular flexibility index (Phi) is 5.52. The van der Waals surface area contributed by atoms with Crippen LogP contribution in [0.25, 0.3) is 0 Å². The first-order valence-corrected chi connectivity index (χ1v) is 3.43. The Balaban J connectivity index is 0.000000461. The maximum absolute atomic E-state index is 10.2. The average Bonchev–Trinajstić information content (AvgIpc) is 2.10. The van der Waals surface area contributed by atoms with Gasteiger partial charge in [0, 0.05) is 0 Å². The van der Waals surface area contributed by atoms with Crippen molar-refractivity contribution >= 4 is 5.97 Å². The van der Waals surface area contributed by atoms with Gasteiger partial charge in [-0.1, -0.05) is 18.2 Å². The van der Waals surface area contributed by atoms with Crippen molar-refractivity contribution in [3.05, 3.63) is 35.9 Å². The summed E-state index contributed by atoms with van der Waals surface area (Å²) in [5.41, 5.74) is 0.331. The third-order valence-corrected chi connectivity index (χ3v) is 1.02. The molecule has 0 amide bonds. The molecule has 1 rings (SSSR count). The monoisotopic (exact) mass is 186 g/mol. The zero-order chi connectivity index (χ0) is 8.69. The molecule has 4 heteroatoms. The molecule has 0 unspecified atom stereocenters. The molecule has 0 atom stereocenters. The standard InChI is InChI=1S/C7H6O2.O.Ti/c8-7(9)6-4-2-1-3-5-6;;/h1-5H,(H,8,9);;. The Morgan fingerprint density at radius 3 is 1.91 bits per heavy atom. The Morgan fingerprint density at radius 1 is 1.18 bits per heavy atom. The predicted molar refractivity (Wildman–Crippen MR) is 34.1 cm³/mol. The second kappa shape index (κ2) is 5.95. The molecule has 0 aromatic heterocycles. The summed E-state index contributed by atoms with van der Waals surface area (Å²) < 4.78 is 8.25. The number of rotatable bonds is 1. The second-order valence-corrected chi connectivity index (χ2v) is 1.67. The van der Waals surface area contributed by atoms with Crippen LogP contribution in [0, 0.1) is 0 Å². The van der Waals surface area contributed by atoms with Gasteiger partial charge in [0.1, 0.15) is 0 Å². The molecule has 0 fully saturated rings. The molecular weight excluding hydrogens is 180 g/mol. The molecule has 0 aliphatic rings. The van der Waals surface area contributed by atoms with E-state index >= 15 is 0 Å². The van der Waals surface area contributed by atoms with Crippen molar-refractivity contribution in [2.75, 3.05) is 0 Å². The van der Waals surface area contributed by atoms with E-state index in [2.05, 4.69) is 0 Å². The van der Waals surface area contributed by atoms with Gasteiger partial charge in [0.2, 0.25) is 0 Å². The summed E-state index contributed by atoms with van der Waals surface area (Å²) in [5.74, 6) is -0.879. The second-order valence-electron chi connectivity index (χ2n) is 1.67. The molecule has 1 N–H and O–H groups in total. The van der Waals surface area contributed by atoms with Gasteiger partial charge in [-0.15, -0.1) is 0 Å². The molecule has 1 aromatic carbocycles. The van der Waals surface area contributed by atoms with Gasteiger partial charge in [0.05, 0.1) is 5.56 Å². The molecule has 56 valence electrons. The number of aromatic carboxylic acids is 1. The Hall–Kier alpha value is -0.796. The number of benzene rings is 1. The van der Waals surface area contributed by atoms with E-state index in [1.54, 1.807) is 30.3 Å². The van der Waals surface area contributed by atoms with E-state index in [0.717, 1.165) is 20.4 Å². The van der Waals surface area contributed by atoms with Crippen LogP contribution in [-0.4, -0.2) is 11.1 Å². The molecule has 0 radical (unpaired) electrons. The van der Waals surface area contributed by atoms with Gasteiger partial charge in [0.25, 0.3) is 0 Å². The summed E-state index contributed by atoms with van der Waals surface area (Å²) in [6.45, 7) is 0. The third kappa shape index (κ3) is 3.81. The topological polar surface area (TPSA) is 54.4 Å². The molecule has 0 aliphatic carbocycles. The van der Waals surface area contributed by atoms with Crippen molar-refractivity contribution in [1.29, 1.82) is 0 Å². The Bertz CT molecular complexity index is 222. The van der Waals surface area contributed by atoms with Gasteiger partial charge in [-0.3, -0.25) is 0 Å². The summed E-state index contributed by atoms with van der Waals surface area (Å²) in [6, 6.07) is 8.30. The average molecular weight is 186 g/mol. The first-order chi connectivity index (χ1) is 5.30. The zero-order valence-electron chi connectivity index (χ0n) is 5.65. The molecule has 0 bridgehead atoms. The number of hydrogen-bond acceptors (Lipinski definition) is 2. The molecule has 0 heterocycles. The fourth-order valence-electron chi connectivity index (χ4n) is 0.581. The van der Waals surface area contributed by atoms with E-state index in [1.807, 2.05) is 0 Å². The van der Waals surface area contributed by atoms with Gasteiger partial charge in [-0.25, -0.2) is 4.79 Å². The van der Waals surface area contributed by atoms with Crippen molar-refractivity contribution in [2.24, 2.45) is 0 Å². The van der Waals surface area contributed by atoms with Crippen molar-refractivity contribution in [2.45, 2.75) is 0 Å². The quantitative estimate of drug-likeness (QED) is 0.671. The van der Waals surface area contributed by atoms with Crippen LogP contribution in [0.15, 0.2) is 30.3 Å². The number of hydrogen-bond donors (Lipinski definition) is 1. The molecule has 11 heavy (non-hydrogen) atoms. The minimum absolute atomic E-state index is 0.331. The molecule has 0 saturated heterocycles. The van der Waals surface area contributed by atoms with Gasteiger partial charge < -0.3 is 5.11 Å². The fraction of sp³-hybridized carbons (Fsp3) is 0. The summed E-state index contributed by atoms with van der Waals surface area (Å²) in [4.78, 5) is 10.2. The van der Waals surface area contributed by atoms with Crippen LogP contribution in [0.4, 0.5) is 0 Å². The van der Waals surface area contributed by atoms with E-state index < -0.39 is 5.97 Å².